The number of alkyl carbamates (subject to hydrolysis) is 1. The van der Waals surface area contributed by atoms with E-state index in [2.05, 4.69) is 20.3 Å². The van der Waals surface area contributed by atoms with Crippen LogP contribution in [0.25, 0.3) is 0 Å². The Morgan fingerprint density at radius 1 is 1.30 bits per heavy atom. The Balaban J connectivity index is 1.65. The number of nitrogens with one attached hydrogen (secondary N) is 1. The smallest absolute Gasteiger partial charge is 0.407 e. The number of aromatic nitrogens is 2. The Morgan fingerprint density at radius 3 is 2.63 bits per heavy atom. The van der Waals surface area contributed by atoms with E-state index in [9.17, 15) is 14.7 Å². The van der Waals surface area contributed by atoms with E-state index in [4.69, 9.17) is 4.74 Å². The highest BCUT2D eigenvalue weighted by molar-refractivity contribution is 5.81. The molecule has 2 aliphatic rings. The van der Waals surface area contributed by atoms with Gasteiger partial charge in [-0.05, 0) is 33.6 Å². The molecule has 0 atom stereocenters. The van der Waals surface area contributed by atoms with Gasteiger partial charge < -0.3 is 20.1 Å². The summed E-state index contributed by atoms with van der Waals surface area (Å²) in [6, 6.07) is 0. The zero-order valence-corrected chi connectivity index (χ0v) is 15.9. The minimum Gasteiger partial charge on any atom is -0.481 e. The van der Waals surface area contributed by atoms with Gasteiger partial charge in [0, 0.05) is 32.3 Å². The topological polar surface area (TPSA) is 117 Å². The first-order valence-corrected chi connectivity index (χ1v) is 9.02. The van der Waals surface area contributed by atoms with Crippen molar-refractivity contribution in [2.45, 2.75) is 45.6 Å². The summed E-state index contributed by atoms with van der Waals surface area (Å²) in [5.41, 5.74) is 0.0128. The molecular weight excluding hydrogens is 350 g/mol. The van der Waals surface area contributed by atoms with Crippen molar-refractivity contribution < 1.29 is 19.4 Å². The number of hydrogen-bond acceptors (Lipinski definition) is 7. The number of carboxylic acid groups (broad SMARTS) is 1. The van der Waals surface area contributed by atoms with Gasteiger partial charge in [-0.25, -0.2) is 14.8 Å². The molecule has 3 heterocycles. The number of anilines is 1. The number of fused-ring (bicyclic) bond motifs is 1. The van der Waals surface area contributed by atoms with Crippen molar-refractivity contribution in [2.24, 2.45) is 10.4 Å². The van der Waals surface area contributed by atoms with Gasteiger partial charge in [-0.2, -0.15) is 0 Å². The Kier molecular flexibility index (Phi) is 5.03. The minimum absolute atomic E-state index is 0.0329. The van der Waals surface area contributed by atoms with Crippen LogP contribution in [0.15, 0.2) is 11.3 Å². The molecule has 27 heavy (non-hydrogen) atoms. The number of ether oxygens (including phenoxy) is 1. The third-order valence-corrected chi connectivity index (χ3v) is 4.83. The second-order valence-corrected chi connectivity index (χ2v) is 7.94. The Labute approximate surface area is 157 Å². The maximum absolute atomic E-state index is 11.9. The monoisotopic (exact) mass is 375 g/mol. The predicted octanol–water partition coefficient (Wildman–Crippen LogP) is 1.93. The Hall–Kier alpha value is -2.71. The second kappa shape index (κ2) is 7.13. The van der Waals surface area contributed by atoms with Crippen LogP contribution in [0, 0.1) is 5.41 Å². The predicted molar refractivity (Wildman–Crippen MR) is 99.6 cm³/mol. The lowest BCUT2D eigenvalue weighted by Crippen LogP contribution is -2.51. The molecule has 0 radical (unpaired) electrons. The lowest BCUT2D eigenvalue weighted by atomic mass is 9.78. The quantitative estimate of drug-likeness (QED) is 0.826. The molecule has 1 amide bonds. The number of aliphatic carboxylic acids is 1. The first-order valence-electron chi connectivity index (χ1n) is 9.02. The molecular formula is C18H25N5O4. The van der Waals surface area contributed by atoms with Crippen LogP contribution in [-0.4, -0.2) is 58.6 Å². The van der Waals surface area contributed by atoms with Crippen LogP contribution in [-0.2, 0) is 16.0 Å². The normalized spacial score (nSPS) is 18.1. The number of carboxylic acids is 1. The second-order valence-electron chi connectivity index (χ2n) is 7.94. The summed E-state index contributed by atoms with van der Waals surface area (Å²) in [7, 11) is 0. The van der Waals surface area contributed by atoms with Crippen LogP contribution in [0.4, 0.5) is 16.3 Å². The molecule has 1 saturated heterocycles. The van der Waals surface area contributed by atoms with E-state index >= 15 is 0 Å². The molecule has 0 saturated carbocycles. The van der Waals surface area contributed by atoms with Crippen LogP contribution in [0.3, 0.4) is 0 Å². The maximum atomic E-state index is 11.9. The van der Waals surface area contributed by atoms with Crippen molar-refractivity contribution in [3.8, 4) is 0 Å². The van der Waals surface area contributed by atoms with Gasteiger partial charge in [-0.1, -0.05) is 0 Å². The van der Waals surface area contributed by atoms with Gasteiger partial charge >= 0.3 is 12.1 Å². The summed E-state index contributed by atoms with van der Waals surface area (Å²) in [6.45, 7) is 6.36. The summed E-state index contributed by atoms with van der Waals surface area (Å²) in [4.78, 5) is 38.8. The molecule has 1 aromatic rings. The Morgan fingerprint density at radius 2 is 2.00 bits per heavy atom. The van der Waals surface area contributed by atoms with Crippen LogP contribution < -0.4 is 10.2 Å². The average molecular weight is 375 g/mol. The zero-order chi connectivity index (χ0) is 19.7. The first-order chi connectivity index (χ1) is 12.7. The molecule has 0 unspecified atom stereocenters. The Bertz CT molecular complexity index is 764. The number of aliphatic imine (C=N–C) groups is 1. The SMILES string of the molecule is CC(C)(C)OC(=O)NCC1(C(=O)O)CCN(c2ncnc3c2N=CC3)CC1. The van der Waals surface area contributed by atoms with Gasteiger partial charge in [-0.15, -0.1) is 0 Å². The summed E-state index contributed by atoms with van der Waals surface area (Å²) in [6.07, 6.45) is 4.19. The number of nitrogens with zero attached hydrogens (tertiary/aromatic N) is 4. The molecule has 0 aromatic carbocycles. The fourth-order valence-electron chi connectivity index (χ4n) is 3.31. The van der Waals surface area contributed by atoms with Crippen molar-refractivity contribution in [2.75, 3.05) is 24.5 Å². The van der Waals surface area contributed by atoms with Crippen molar-refractivity contribution in [1.29, 1.82) is 0 Å². The summed E-state index contributed by atoms with van der Waals surface area (Å²) >= 11 is 0. The number of piperidine rings is 1. The van der Waals surface area contributed by atoms with Crippen LogP contribution in [0.1, 0.15) is 39.3 Å². The summed E-state index contributed by atoms with van der Waals surface area (Å²) in [5, 5.41) is 12.4. The third kappa shape index (κ3) is 4.17. The zero-order valence-electron chi connectivity index (χ0n) is 15.9. The molecule has 2 aliphatic heterocycles. The number of amides is 1. The largest absolute Gasteiger partial charge is 0.481 e. The molecule has 3 rings (SSSR count). The lowest BCUT2D eigenvalue weighted by molar-refractivity contribution is -0.150. The lowest BCUT2D eigenvalue weighted by Gasteiger charge is -2.39. The van der Waals surface area contributed by atoms with Gasteiger partial charge in [-0.3, -0.25) is 9.79 Å². The third-order valence-electron chi connectivity index (χ3n) is 4.83. The molecule has 9 nitrogen and oxygen atoms in total. The van der Waals surface area contributed by atoms with E-state index in [-0.39, 0.29) is 6.54 Å². The minimum atomic E-state index is -1.02. The molecule has 1 aromatic heterocycles. The summed E-state index contributed by atoms with van der Waals surface area (Å²) in [5.74, 6) is -0.169. The molecule has 0 bridgehead atoms. The van der Waals surface area contributed by atoms with E-state index in [0.717, 1.165) is 17.2 Å². The van der Waals surface area contributed by atoms with E-state index in [1.807, 2.05) is 4.90 Å². The first kappa shape index (κ1) is 19.1. The summed E-state index contributed by atoms with van der Waals surface area (Å²) < 4.78 is 5.21. The van der Waals surface area contributed by atoms with Crippen molar-refractivity contribution >= 4 is 29.8 Å². The molecule has 146 valence electrons. The standard InChI is InChI=1S/C18H25N5O4/c1-17(2,3)27-16(26)20-10-18(15(24)25)5-8-23(9-6-18)14-13-12(4-7-19-13)21-11-22-14/h7,11H,4-6,8-10H2,1-3H3,(H,20,26)(H,24,25). The highest BCUT2D eigenvalue weighted by Gasteiger charge is 2.43. The molecule has 2 N–H and O–H groups in total. The highest BCUT2D eigenvalue weighted by Crippen LogP contribution is 2.37. The molecule has 0 aliphatic carbocycles. The van der Waals surface area contributed by atoms with Gasteiger partial charge in [0.25, 0.3) is 0 Å². The van der Waals surface area contributed by atoms with E-state index in [1.54, 1.807) is 27.0 Å². The van der Waals surface area contributed by atoms with Crippen molar-refractivity contribution in [3.63, 3.8) is 0 Å². The fraction of sp³-hybridized carbons (Fsp3) is 0.611. The number of hydrogen-bond donors (Lipinski definition) is 2. The molecule has 0 spiro atoms. The van der Waals surface area contributed by atoms with Crippen LogP contribution in [0.5, 0.6) is 0 Å². The van der Waals surface area contributed by atoms with Crippen molar-refractivity contribution in [3.05, 3.63) is 12.0 Å². The average Bonchev–Trinajstić information content (AvgIpc) is 3.07. The molecule has 9 heteroatoms. The van der Waals surface area contributed by atoms with Gasteiger partial charge in [0.1, 0.15) is 17.6 Å². The van der Waals surface area contributed by atoms with E-state index in [1.165, 1.54) is 6.33 Å². The molecule has 1 fully saturated rings. The van der Waals surface area contributed by atoms with Gasteiger partial charge in [0.15, 0.2) is 5.82 Å². The van der Waals surface area contributed by atoms with Gasteiger partial charge in [0.2, 0.25) is 0 Å². The number of carbonyl (C=O) groups is 2. The van der Waals surface area contributed by atoms with Crippen LogP contribution in [0.2, 0.25) is 0 Å². The van der Waals surface area contributed by atoms with E-state index in [0.29, 0.717) is 32.4 Å². The van der Waals surface area contributed by atoms with Crippen molar-refractivity contribution in [1.82, 2.24) is 15.3 Å². The highest BCUT2D eigenvalue weighted by atomic mass is 16.6. The number of carbonyl (C=O) groups excluding carboxylic acids is 1. The maximum Gasteiger partial charge on any atom is 0.407 e. The van der Waals surface area contributed by atoms with Crippen LogP contribution >= 0.6 is 0 Å². The number of rotatable bonds is 4. The van der Waals surface area contributed by atoms with E-state index < -0.39 is 23.1 Å². The fourth-order valence-corrected chi connectivity index (χ4v) is 3.31. The van der Waals surface area contributed by atoms with Gasteiger partial charge in [0.05, 0.1) is 11.1 Å².